The SMILES string of the molecule is C=Cc1cncc(F)c1N. The standard InChI is InChI=1S/C7H7FN2/c1-2-5-3-10-4-6(8)7(5)9/h2-4H,1H2,(H2,9,10). The van der Waals surface area contributed by atoms with Gasteiger partial charge in [0.15, 0.2) is 5.82 Å². The fourth-order valence-corrected chi connectivity index (χ4v) is 0.623. The molecule has 0 radical (unpaired) electrons. The zero-order valence-electron chi connectivity index (χ0n) is 5.34. The van der Waals surface area contributed by atoms with Crippen LogP contribution in [-0.4, -0.2) is 4.98 Å². The topological polar surface area (TPSA) is 38.9 Å². The van der Waals surface area contributed by atoms with E-state index in [0.29, 0.717) is 5.56 Å². The number of nitrogen functional groups attached to an aromatic ring is 1. The first-order chi connectivity index (χ1) is 4.75. The minimum absolute atomic E-state index is 0.102. The first-order valence-electron chi connectivity index (χ1n) is 2.77. The molecule has 0 aromatic carbocycles. The van der Waals surface area contributed by atoms with Crippen LogP contribution in [0, 0.1) is 5.82 Å². The summed E-state index contributed by atoms with van der Waals surface area (Å²) in [4.78, 5) is 3.59. The molecule has 1 rings (SSSR count). The van der Waals surface area contributed by atoms with Crippen molar-refractivity contribution in [2.45, 2.75) is 0 Å². The summed E-state index contributed by atoms with van der Waals surface area (Å²) >= 11 is 0. The Morgan fingerprint density at radius 3 is 2.80 bits per heavy atom. The molecule has 0 bridgehead atoms. The highest BCUT2D eigenvalue weighted by atomic mass is 19.1. The van der Waals surface area contributed by atoms with Gasteiger partial charge in [0, 0.05) is 11.8 Å². The molecular weight excluding hydrogens is 131 g/mol. The average Bonchev–Trinajstić information content (AvgIpc) is 1.95. The Kier molecular flexibility index (Phi) is 1.67. The predicted molar refractivity (Wildman–Crippen MR) is 38.7 cm³/mol. The second kappa shape index (κ2) is 2.47. The average molecular weight is 138 g/mol. The molecule has 10 heavy (non-hydrogen) atoms. The van der Waals surface area contributed by atoms with Crippen LogP contribution in [0.1, 0.15) is 5.56 Å². The molecule has 0 unspecified atom stereocenters. The Balaban J connectivity index is 3.27. The number of aromatic nitrogens is 1. The van der Waals surface area contributed by atoms with Crippen molar-refractivity contribution in [2.75, 3.05) is 5.73 Å². The Morgan fingerprint density at radius 1 is 1.60 bits per heavy atom. The van der Waals surface area contributed by atoms with E-state index in [9.17, 15) is 4.39 Å². The van der Waals surface area contributed by atoms with Crippen LogP contribution in [0.4, 0.5) is 10.1 Å². The van der Waals surface area contributed by atoms with E-state index in [2.05, 4.69) is 11.6 Å². The molecule has 52 valence electrons. The van der Waals surface area contributed by atoms with Gasteiger partial charge in [-0.15, -0.1) is 0 Å². The van der Waals surface area contributed by atoms with E-state index >= 15 is 0 Å². The predicted octanol–water partition coefficient (Wildman–Crippen LogP) is 1.45. The maximum absolute atomic E-state index is 12.5. The number of pyridine rings is 1. The summed E-state index contributed by atoms with van der Waals surface area (Å²) in [5, 5.41) is 0. The quantitative estimate of drug-likeness (QED) is 0.637. The monoisotopic (exact) mass is 138 g/mol. The normalized spacial score (nSPS) is 9.30. The zero-order valence-corrected chi connectivity index (χ0v) is 5.34. The molecule has 1 aromatic rings. The van der Waals surface area contributed by atoms with Gasteiger partial charge in [0.05, 0.1) is 11.9 Å². The maximum Gasteiger partial charge on any atom is 0.164 e. The van der Waals surface area contributed by atoms with Gasteiger partial charge in [-0.3, -0.25) is 4.98 Å². The molecule has 0 amide bonds. The molecule has 0 saturated carbocycles. The van der Waals surface area contributed by atoms with E-state index < -0.39 is 5.82 Å². The van der Waals surface area contributed by atoms with E-state index in [-0.39, 0.29) is 5.69 Å². The molecule has 2 nitrogen and oxygen atoms in total. The number of hydrogen-bond donors (Lipinski definition) is 1. The van der Waals surface area contributed by atoms with Gasteiger partial charge < -0.3 is 5.73 Å². The largest absolute Gasteiger partial charge is 0.396 e. The third-order valence-electron chi connectivity index (χ3n) is 1.19. The lowest BCUT2D eigenvalue weighted by Crippen LogP contribution is -1.94. The van der Waals surface area contributed by atoms with Crippen LogP contribution < -0.4 is 5.73 Å². The van der Waals surface area contributed by atoms with E-state index in [1.54, 1.807) is 0 Å². The lowest BCUT2D eigenvalue weighted by molar-refractivity contribution is 0.626. The van der Waals surface area contributed by atoms with E-state index in [1.807, 2.05) is 0 Å². The second-order valence-electron chi connectivity index (χ2n) is 1.83. The number of anilines is 1. The molecule has 1 heterocycles. The third-order valence-corrected chi connectivity index (χ3v) is 1.19. The van der Waals surface area contributed by atoms with Gasteiger partial charge in [0.25, 0.3) is 0 Å². The summed E-state index contributed by atoms with van der Waals surface area (Å²) < 4.78 is 12.5. The van der Waals surface area contributed by atoms with Gasteiger partial charge in [-0.1, -0.05) is 12.7 Å². The molecule has 0 spiro atoms. The molecule has 0 aliphatic heterocycles. The number of nitrogens with two attached hydrogens (primary N) is 1. The van der Waals surface area contributed by atoms with Gasteiger partial charge in [-0.25, -0.2) is 4.39 Å². The lowest BCUT2D eigenvalue weighted by atomic mass is 10.2. The number of rotatable bonds is 1. The molecular formula is C7H7FN2. The highest BCUT2D eigenvalue weighted by Gasteiger charge is 1.99. The van der Waals surface area contributed by atoms with Gasteiger partial charge >= 0.3 is 0 Å². The summed E-state index contributed by atoms with van der Waals surface area (Å²) in [5.74, 6) is -0.502. The number of hydrogen-bond acceptors (Lipinski definition) is 2. The summed E-state index contributed by atoms with van der Waals surface area (Å²) in [6.07, 6.45) is 4.00. The highest BCUT2D eigenvalue weighted by molar-refractivity contribution is 5.62. The maximum atomic E-state index is 12.5. The van der Waals surface area contributed by atoms with E-state index in [0.717, 1.165) is 6.20 Å². The Bertz CT molecular complexity index is 258. The van der Waals surface area contributed by atoms with Crippen LogP contribution in [-0.2, 0) is 0 Å². The molecule has 0 fully saturated rings. The van der Waals surface area contributed by atoms with Gasteiger partial charge in [-0.05, 0) is 0 Å². The van der Waals surface area contributed by atoms with Crippen molar-refractivity contribution in [2.24, 2.45) is 0 Å². The van der Waals surface area contributed by atoms with Gasteiger partial charge in [0.2, 0.25) is 0 Å². The first-order valence-corrected chi connectivity index (χ1v) is 2.77. The van der Waals surface area contributed by atoms with Gasteiger partial charge in [-0.2, -0.15) is 0 Å². The smallest absolute Gasteiger partial charge is 0.164 e. The van der Waals surface area contributed by atoms with Crippen LogP contribution in [0.15, 0.2) is 19.0 Å². The molecule has 1 aromatic heterocycles. The summed E-state index contributed by atoms with van der Waals surface area (Å²) in [6.45, 7) is 3.45. The van der Waals surface area contributed by atoms with Crippen LogP contribution in [0.2, 0.25) is 0 Å². The number of nitrogens with zero attached hydrogens (tertiary/aromatic N) is 1. The van der Waals surface area contributed by atoms with Crippen molar-refractivity contribution in [3.63, 3.8) is 0 Å². The third kappa shape index (κ3) is 0.978. The molecule has 0 atom stereocenters. The fourth-order valence-electron chi connectivity index (χ4n) is 0.623. The second-order valence-corrected chi connectivity index (χ2v) is 1.83. The summed E-state index contributed by atoms with van der Waals surface area (Å²) in [7, 11) is 0. The molecule has 0 saturated heterocycles. The number of halogens is 1. The molecule has 3 heteroatoms. The van der Waals surface area contributed by atoms with Crippen molar-refractivity contribution in [3.05, 3.63) is 30.4 Å². The van der Waals surface area contributed by atoms with E-state index in [4.69, 9.17) is 5.73 Å². The van der Waals surface area contributed by atoms with Gasteiger partial charge in [0.1, 0.15) is 0 Å². The highest BCUT2D eigenvalue weighted by Crippen LogP contribution is 2.14. The van der Waals surface area contributed by atoms with Crippen molar-refractivity contribution < 1.29 is 4.39 Å². The zero-order chi connectivity index (χ0) is 7.56. The Labute approximate surface area is 58.2 Å². The van der Waals surface area contributed by atoms with Crippen molar-refractivity contribution in [3.8, 4) is 0 Å². The van der Waals surface area contributed by atoms with Crippen molar-refractivity contribution >= 4 is 11.8 Å². The minimum atomic E-state index is -0.502. The van der Waals surface area contributed by atoms with E-state index in [1.165, 1.54) is 12.3 Å². The summed E-state index contributed by atoms with van der Waals surface area (Å²) in [6, 6.07) is 0. The fraction of sp³-hybridized carbons (Fsp3) is 0. The Hall–Kier alpha value is -1.38. The van der Waals surface area contributed by atoms with Crippen molar-refractivity contribution in [1.29, 1.82) is 0 Å². The van der Waals surface area contributed by atoms with Crippen LogP contribution in [0.3, 0.4) is 0 Å². The van der Waals surface area contributed by atoms with Crippen LogP contribution in [0.5, 0.6) is 0 Å². The molecule has 0 aliphatic carbocycles. The summed E-state index contributed by atoms with van der Waals surface area (Å²) in [5.41, 5.74) is 5.94. The lowest BCUT2D eigenvalue weighted by Gasteiger charge is -1.97. The molecule has 2 N–H and O–H groups in total. The minimum Gasteiger partial charge on any atom is -0.396 e. The van der Waals surface area contributed by atoms with Crippen LogP contribution in [0.25, 0.3) is 6.08 Å². The first kappa shape index (κ1) is 6.74. The molecule has 0 aliphatic rings. The van der Waals surface area contributed by atoms with Crippen molar-refractivity contribution in [1.82, 2.24) is 4.98 Å². The van der Waals surface area contributed by atoms with Crippen LogP contribution >= 0.6 is 0 Å². The Morgan fingerprint density at radius 2 is 2.30 bits per heavy atom.